The predicted octanol–water partition coefficient (Wildman–Crippen LogP) is 1.97. The minimum Gasteiger partial charge on any atom is -0.376 e. The van der Waals surface area contributed by atoms with Gasteiger partial charge in [-0.3, -0.25) is 9.59 Å². The van der Waals surface area contributed by atoms with Gasteiger partial charge < -0.3 is 10.1 Å². The number of carbonyl (C=O) groups is 2. The molecular weight excluding hydrogens is 306 g/mol. The zero-order valence-corrected chi connectivity index (χ0v) is 13.9. The summed E-state index contributed by atoms with van der Waals surface area (Å²) in [6.45, 7) is 4.63. The molecule has 1 N–H and O–H groups in total. The fraction of sp³-hybridized carbons (Fsp3) is 0.389. The van der Waals surface area contributed by atoms with E-state index in [9.17, 15) is 9.59 Å². The highest BCUT2D eigenvalue weighted by Crippen LogP contribution is 2.18. The van der Waals surface area contributed by atoms with Crippen molar-refractivity contribution in [3.05, 3.63) is 47.3 Å². The third-order valence-electron chi connectivity index (χ3n) is 4.24. The number of para-hydroxylation sites is 1. The van der Waals surface area contributed by atoms with Crippen molar-refractivity contribution in [3.8, 4) is 5.69 Å². The van der Waals surface area contributed by atoms with Crippen LogP contribution in [0.1, 0.15) is 34.6 Å². The third kappa shape index (κ3) is 3.23. The van der Waals surface area contributed by atoms with Crippen LogP contribution in [0.2, 0.25) is 0 Å². The highest BCUT2D eigenvalue weighted by atomic mass is 16.5. The summed E-state index contributed by atoms with van der Waals surface area (Å²) in [4.78, 5) is 24.7. The van der Waals surface area contributed by atoms with Gasteiger partial charge in [-0.1, -0.05) is 18.2 Å². The summed E-state index contributed by atoms with van der Waals surface area (Å²) in [5.41, 5.74) is 2.44. The maximum absolute atomic E-state index is 12.5. The van der Waals surface area contributed by atoms with Crippen LogP contribution < -0.4 is 5.32 Å². The topological polar surface area (TPSA) is 73.2 Å². The van der Waals surface area contributed by atoms with Gasteiger partial charge in [-0.15, -0.1) is 0 Å². The SMILES string of the molecule is Cc1nn(-c2ccccc2)c(C)c1C(=O)C(=O)NCC1CCCO1. The highest BCUT2D eigenvalue weighted by Gasteiger charge is 2.26. The molecule has 0 radical (unpaired) electrons. The third-order valence-corrected chi connectivity index (χ3v) is 4.24. The monoisotopic (exact) mass is 327 g/mol. The summed E-state index contributed by atoms with van der Waals surface area (Å²) in [5, 5.41) is 7.09. The Hall–Kier alpha value is -2.47. The zero-order valence-electron chi connectivity index (χ0n) is 13.9. The summed E-state index contributed by atoms with van der Waals surface area (Å²) in [5.74, 6) is -1.16. The quantitative estimate of drug-likeness (QED) is 0.673. The van der Waals surface area contributed by atoms with Crippen LogP contribution in [-0.4, -0.2) is 40.7 Å². The number of rotatable bonds is 5. The lowest BCUT2D eigenvalue weighted by atomic mass is 10.1. The number of hydrogen-bond donors (Lipinski definition) is 1. The van der Waals surface area contributed by atoms with Crippen molar-refractivity contribution in [1.29, 1.82) is 0 Å². The van der Waals surface area contributed by atoms with Gasteiger partial charge >= 0.3 is 0 Å². The maximum atomic E-state index is 12.5. The molecule has 1 fully saturated rings. The number of nitrogens with one attached hydrogen (secondary N) is 1. The number of carbonyl (C=O) groups excluding carboxylic acids is 2. The van der Waals surface area contributed by atoms with Crippen molar-refractivity contribution >= 4 is 11.7 Å². The van der Waals surface area contributed by atoms with Crippen LogP contribution in [0.15, 0.2) is 30.3 Å². The summed E-state index contributed by atoms with van der Waals surface area (Å²) in [6.07, 6.45) is 1.92. The molecule has 2 aromatic rings. The van der Waals surface area contributed by atoms with Crippen molar-refractivity contribution in [3.63, 3.8) is 0 Å². The van der Waals surface area contributed by atoms with Crippen molar-refractivity contribution in [2.24, 2.45) is 0 Å². The minimum atomic E-state index is -0.607. The van der Waals surface area contributed by atoms with Gasteiger partial charge in [-0.2, -0.15) is 5.10 Å². The van der Waals surface area contributed by atoms with Crippen LogP contribution in [0.4, 0.5) is 0 Å². The molecule has 1 aromatic heterocycles. The Balaban J connectivity index is 1.77. The van der Waals surface area contributed by atoms with E-state index >= 15 is 0 Å². The molecule has 0 spiro atoms. The molecule has 1 aromatic carbocycles. The lowest BCUT2D eigenvalue weighted by Gasteiger charge is -2.10. The maximum Gasteiger partial charge on any atom is 0.292 e. The smallest absolute Gasteiger partial charge is 0.292 e. The molecule has 6 nitrogen and oxygen atoms in total. The summed E-state index contributed by atoms with van der Waals surface area (Å²) >= 11 is 0. The molecule has 0 saturated carbocycles. The number of Topliss-reactive ketones (excluding diaryl/α,β-unsaturated/α-hetero) is 1. The Labute approximate surface area is 140 Å². The van der Waals surface area contributed by atoms with Crippen LogP contribution >= 0.6 is 0 Å². The molecule has 2 heterocycles. The number of benzene rings is 1. The largest absolute Gasteiger partial charge is 0.376 e. The number of ether oxygens (including phenoxy) is 1. The molecule has 1 aliphatic rings. The van der Waals surface area contributed by atoms with Crippen molar-refractivity contribution in [1.82, 2.24) is 15.1 Å². The molecule has 126 valence electrons. The molecular formula is C18H21N3O3. The van der Waals surface area contributed by atoms with E-state index in [1.54, 1.807) is 18.5 Å². The second-order valence-corrected chi connectivity index (χ2v) is 5.97. The Morgan fingerprint density at radius 3 is 2.71 bits per heavy atom. The second-order valence-electron chi connectivity index (χ2n) is 5.97. The van der Waals surface area contributed by atoms with E-state index in [1.807, 2.05) is 30.3 Å². The van der Waals surface area contributed by atoms with E-state index in [0.29, 0.717) is 23.5 Å². The number of aromatic nitrogens is 2. The standard InChI is InChI=1S/C18H21N3O3/c1-12-16(13(2)21(20-12)14-7-4-3-5-8-14)17(22)18(23)19-11-15-9-6-10-24-15/h3-5,7-8,15H,6,9-11H2,1-2H3,(H,19,23). The van der Waals surface area contributed by atoms with Crippen LogP contribution in [0.3, 0.4) is 0 Å². The van der Waals surface area contributed by atoms with Gasteiger partial charge in [0.05, 0.1) is 28.7 Å². The summed E-state index contributed by atoms with van der Waals surface area (Å²) in [7, 11) is 0. The summed E-state index contributed by atoms with van der Waals surface area (Å²) in [6, 6.07) is 9.54. The zero-order chi connectivity index (χ0) is 17.1. The van der Waals surface area contributed by atoms with E-state index < -0.39 is 11.7 Å². The molecule has 24 heavy (non-hydrogen) atoms. The average Bonchev–Trinajstić information content (AvgIpc) is 3.21. The summed E-state index contributed by atoms with van der Waals surface area (Å²) < 4.78 is 7.15. The number of hydrogen-bond acceptors (Lipinski definition) is 4. The first-order valence-electron chi connectivity index (χ1n) is 8.13. The number of aryl methyl sites for hydroxylation is 1. The molecule has 0 aliphatic carbocycles. The first-order valence-corrected chi connectivity index (χ1v) is 8.13. The highest BCUT2D eigenvalue weighted by molar-refractivity contribution is 6.43. The predicted molar refractivity (Wildman–Crippen MR) is 89.4 cm³/mol. The van der Waals surface area contributed by atoms with Gasteiger partial charge in [-0.25, -0.2) is 4.68 Å². The first-order chi connectivity index (χ1) is 11.6. The Morgan fingerprint density at radius 1 is 1.29 bits per heavy atom. The lowest BCUT2D eigenvalue weighted by Crippen LogP contribution is -2.36. The number of nitrogens with zero attached hydrogens (tertiary/aromatic N) is 2. The van der Waals surface area contributed by atoms with Crippen LogP contribution in [0, 0.1) is 13.8 Å². The van der Waals surface area contributed by atoms with Gasteiger partial charge in [0.15, 0.2) is 0 Å². The van der Waals surface area contributed by atoms with Crippen LogP contribution in [-0.2, 0) is 9.53 Å². The van der Waals surface area contributed by atoms with Crippen molar-refractivity contribution < 1.29 is 14.3 Å². The van der Waals surface area contributed by atoms with E-state index in [1.165, 1.54) is 0 Å². The van der Waals surface area contributed by atoms with Gasteiger partial charge in [0.25, 0.3) is 11.7 Å². The molecule has 0 bridgehead atoms. The molecule has 6 heteroatoms. The molecule has 1 saturated heterocycles. The van der Waals surface area contributed by atoms with Crippen LogP contribution in [0.5, 0.6) is 0 Å². The Bertz CT molecular complexity index is 746. The first kappa shape index (κ1) is 16.4. The molecule has 3 rings (SSSR count). The van der Waals surface area contributed by atoms with Gasteiger partial charge in [0.1, 0.15) is 0 Å². The Kier molecular flexibility index (Phi) is 4.76. The molecule has 1 aliphatic heterocycles. The van der Waals surface area contributed by atoms with Gasteiger partial charge in [0.2, 0.25) is 0 Å². The molecule has 1 amide bonds. The minimum absolute atomic E-state index is 0.0102. The van der Waals surface area contributed by atoms with Gasteiger partial charge in [-0.05, 0) is 38.8 Å². The van der Waals surface area contributed by atoms with E-state index in [2.05, 4.69) is 10.4 Å². The lowest BCUT2D eigenvalue weighted by molar-refractivity contribution is -0.117. The normalized spacial score (nSPS) is 17.0. The fourth-order valence-electron chi connectivity index (χ4n) is 3.00. The second kappa shape index (κ2) is 6.97. The van der Waals surface area contributed by atoms with E-state index in [4.69, 9.17) is 4.74 Å². The van der Waals surface area contributed by atoms with Gasteiger partial charge in [0, 0.05) is 13.2 Å². The Morgan fingerprint density at radius 2 is 2.04 bits per heavy atom. The van der Waals surface area contributed by atoms with Crippen LogP contribution in [0.25, 0.3) is 5.69 Å². The molecule has 1 unspecified atom stereocenters. The van der Waals surface area contributed by atoms with Crippen molar-refractivity contribution in [2.45, 2.75) is 32.8 Å². The molecule has 1 atom stereocenters. The number of ketones is 1. The average molecular weight is 327 g/mol. The van der Waals surface area contributed by atoms with E-state index in [-0.39, 0.29) is 6.10 Å². The number of amides is 1. The van der Waals surface area contributed by atoms with E-state index in [0.717, 1.165) is 25.1 Å². The van der Waals surface area contributed by atoms with Crippen molar-refractivity contribution in [2.75, 3.05) is 13.2 Å². The fourth-order valence-corrected chi connectivity index (χ4v) is 3.00.